The van der Waals surface area contributed by atoms with Crippen LogP contribution in [0.1, 0.15) is 17.2 Å². The lowest BCUT2D eigenvalue weighted by Gasteiger charge is -2.25. The largest absolute Gasteiger partial charge is 0.384 e. The maximum Gasteiger partial charge on any atom is 0.131 e. The van der Waals surface area contributed by atoms with Gasteiger partial charge in [0, 0.05) is 12.6 Å². The van der Waals surface area contributed by atoms with Crippen molar-refractivity contribution >= 4 is 11.6 Å². The van der Waals surface area contributed by atoms with Gasteiger partial charge in [0.05, 0.1) is 6.04 Å². The first kappa shape index (κ1) is 14.3. The highest BCUT2D eigenvalue weighted by molar-refractivity contribution is 5.43. The molecule has 1 aromatic carbocycles. The summed E-state index contributed by atoms with van der Waals surface area (Å²) in [5.74, 6) is 1.22. The van der Waals surface area contributed by atoms with Crippen LogP contribution in [0.25, 0.3) is 0 Å². The van der Waals surface area contributed by atoms with Gasteiger partial charge in [-0.25, -0.2) is 9.97 Å². The van der Waals surface area contributed by atoms with Gasteiger partial charge in [-0.1, -0.05) is 29.8 Å². The van der Waals surface area contributed by atoms with Crippen LogP contribution in [0.4, 0.5) is 11.6 Å². The summed E-state index contributed by atoms with van der Waals surface area (Å²) in [5.41, 5.74) is 8.20. The molecule has 0 aliphatic carbocycles. The summed E-state index contributed by atoms with van der Waals surface area (Å²) in [7, 11) is 4.14. The molecule has 0 radical (unpaired) electrons. The Balaban J connectivity index is 2.10. The third kappa shape index (κ3) is 3.68. The number of hydrogen-bond acceptors (Lipinski definition) is 5. The van der Waals surface area contributed by atoms with E-state index in [2.05, 4.69) is 65.5 Å². The normalized spacial score (nSPS) is 12.4. The van der Waals surface area contributed by atoms with Gasteiger partial charge in [-0.05, 0) is 26.6 Å². The second-order valence-corrected chi connectivity index (χ2v) is 5.10. The smallest absolute Gasteiger partial charge is 0.131 e. The summed E-state index contributed by atoms with van der Waals surface area (Å²) >= 11 is 0. The summed E-state index contributed by atoms with van der Waals surface area (Å²) in [6, 6.07) is 10.6. The van der Waals surface area contributed by atoms with Gasteiger partial charge >= 0.3 is 0 Å². The molecular formula is C15H21N5. The Morgan fingerprint density at radius 1 is 1.25 bits per heavy atom. The van der Waals surface area contributed by atoms with Crippen molar-refractivity contribution in [2.75, 3.05) is 31.7 Å². The summed E-state index contributed by atoms with van der Waals surface area (Å²) in [6.07, 6.45) is 1.47. The molecule has 3 N–H and O–H groups in total. The van der Waals surface area contributed by atoms with Gasteiger partial charge in [0.2, 0.25) is 0 Å². The summed E-state index contributed by atoms with van der Waals surface area (Å²) in [5, 5.41) is 3.31. The molecule has 2 rings (SSSR count). The number of nitrogen functional groups attached to an aromatic ring is 1. The van der Waals surface area contributed by atoms with Gasteiger partial charge < -0.3 is 16.0 Å². The fourth-order valence-corrected chi connectivity index (χ4v) is 2.15. The highest BCUT2D eigenvalue weighted by atomic mass is 15.1. The Labute approximate surface area is 119 Å². The second kappa shape index (κ2) is 6.34. The number of likely N-dealkylation sites (N-methyl/N-ethyl adjacent to an activating group) is 1. The van der Waals surface area contributed by atoms with Gasteiger partial charge in [0.15, 0.2) is 0 Å². The molecule has 0 aliphatic rings. The van der Waals surface area contributed by atoms with E-state index in [1.54, 1.807) is 6.07 Å². The third-order valence-electron chi connectivity index (χ3n) is 3.22. The van der Waals surface area contributed by atoms with E-state index < -0.39 is 0 Å². The predicted octanol–water partition coefficient (Wildman–Crippen LogP) is 2.08. The van der Waals surface area contributed by atoms with Crippen LogP contribution >= 0.6 is 0 Å². The molecule has 0 spiro atoms. The number of benzene rings is 1. The SMILES string of the molecule is Cc1cccc(C(CNc2cc(N)ncn2)N(C)C)c1. The van der Waals surface area contributed by atoms with E-state index >= 15 is 0 Å². The standard InChI is InChI=1S/C15H21N5/c1-11-5-4-6-12(7-11)13(20(2)3)9-17-15-8-14(16)18-10-19-15/h4-8,10,13H,9H2,1-3H3,(H3,16,17,18,19). The van der Waals surface area contributed by atoms with Crippen LogP contribution in [-0.4, -0.2) is 35.5 Å². The van der Waals surface area contributed by atoms with E-state index in [0.717, 1.165) is 12.4 Å². The third-order valence-corrected chi connectivity index (χ3v) is 3.22. The first-order valence-electron chi connectivity index (χ1n) is 6.60. The van der Waals surface area contributed by atoms with E-state index in [0.29, 0.717) is 5.82 Å². The fraction of sp³-hybridized carbons (Fsp3) is 0.333. The van der Waals surface area contributed by atoms with Crippen molar-refractivity contribution in [1.82, 2.24) is 14.9 Å². The molecule has 20 heavy (non-hydrogen) atoms. The van der Waals surface area contributed by atoms with Gasteiger partial charge in [-0.2, -0.15) is 0 Å². The molecular weight excluding hydrogens is 250 g/mol. The second-order valence-electron chi connectivity index (χ2n) is 5.10. The van der Waals surface area contributed by atoms with E-state index in [9.17, 15) is 0 Å². The van der Waals surface area contributed by atoms with Crippen molar-refractivity contribution in [1.29, 1.82) is 0 Å². The van der Waals surface area contributed by atoms with E-state index in [1.165, 1.54) is 17.5 Å². The number of aromatic nitrogens is 2. The van der Waals surface area contributed by atoms with Crippen LogP contribution in [0.2, 0.25) is 0 Å². The van der Waals surface area contributed by atoms with Crippen LogP contribution in [0.3, 0.4) is 0 Å². The average molecular weight is 271 g/mol. The monoisotopic (exact) mass is 271 g/mol. The van der Waals surface area contributed by atoms with Gasteiger partial charge in [-0.3, -0.25) is 0 Å². The van der Waals surface area contributed by atoms with Crippen molar-refractivity contribution in [3.8, 4) is 0 Å². The number of rotatable bonds is 5. The van der Waals surface area contributed by atoms with Crippen molar-refractivity contribution < 1.29 is 0 Å². The van der Waals surface area contributed by atoms with E-state index in [4.69, 9.17) is 5.73 Å². The summed E-state index contributed by atoms with van der Waals surface area (Å²) in [4.78, 5) is 10.2. The zero-order chi connectivity index (χ0) is 14.5. The molecule has 0 bridgehead atoms. The highest BCUT2D eigenvalue weighted by Crippen LogP contribution is 2.20. The molecule has 0 aliphatic heterocycles. The minimum absolute atomic E-state index is 0.270. The van der Waals surface area contributed by atoms with E-state index in [-0.39, 0.29) is 6.04 Å². The Morgan fingerprint density at radius 2 is 2.05 bits per heavy atom. The quantitative estimate of drug-likeness (QED) is 0.871. The Bertz CT molecular complexity index is 568. The lowest BCUT2D eigenvalue weighted by Crippen LogP contribution is -2.27. The Kier molecular flexibility index (Phi) is 4.53. The first-order chi connectivity index (χ1) is 9.56. The Hall–Kier alpha value is -2.14. The molecule has 0 amide bonds. The fourth-order valence-electron chi connectivity index (χ4n) is 2.15. The first-order valence-corrected chi connectivity index (χ1v) is 6.60. The zero-order valence-corrected chi connectivity index (χ0v) is 12.2. The number of nitrogens with zero attached hydrogens (tertiary/aromatic N) is 3. The van der Waals surface area contributed by atoms with Crippen LogP contribution in [0, 0.1) is 6.92 Å². The molecule has 1 unspecified atom stereocenters. The predicted molar refractivity (Wildman–Crippen MR) is 82.5 cm³/mol. The highest BCUT2D eigenvalue weighted by Gasteiger charge is 2.14. The molecule has 1 atom stereocenters. The number of anilines is 2. The number of aryl methyl sites for hydroxylation is 1. The average Bonchev–Trinajstić information content (AvgIpc) is 2.38. The minimum Gasteiger partial charge on any atom is -0.384 e. The van der Waals surface area contributed by atoms with Crippen LogP contribution in [0.15, 0.2) is 36.7 Å². The molecule has 5 nitrogen and oxygen atoms in total. The topological polar surface area (TPSA) is 67.1 Å². The summed E-state index contributed by atoms with van der Waals surface area (Å²) < 4.78 is 0. The van der Waals surface area contributed by atoms with Crippen LogP contribution in [0.5, 0.6) is 0 Å². The zero-order valence-electron chi connectivity index (χ0n) is 12.2. The van der Waals surface area contributed by atoms with Crippen molar-refractivity contribution in [2.45, 2.75) is 13.0 Å². The molecule has 5 heteroatoms. The summed E-state index contributed by atoms with van der Waals surface area (Å²) in [6.45, 7) is 2.86. The van der Waals surface area contributed by atoms with Gasteiger partial charge in [0.25, 0.3) is 0 Å². The molecule has 0 saturated carbocycles. The van der Waals surface area contributed by atoms with Gasteiger partial charge in [0.1, 0.15) is 18.0 Å². The van der Waals surface area contributed by atoms with Crippen molar-refractivity contribution in [3.63, 3.8) is 0 Å². The molecule has 106 valence electrons. The van der Waals surface area contributed by atoms with Crippen molar-refractivity contribution in [3.05, 3.63) is 47.8 Å². The van der Waals surface area contributed by atoms with Crippen molar-refractivity contribution in [2.24, 2.45) is 0 Å². The molecule has 2 aromatic rings. The van der Waals surface area contributed by atoms with E-state index in [1.807, 2.05) is 0 Å². The number of nitrogens with two attached hydrogens (primary N) is 1. The Morgan fingerprint density at radius 3 is 2.70 bits per heavy atom. The molecule has 0 fully saturated rings. The lowest BCUT2D eigenvalue weighted by atomic mass is 10.0. The van der Waals surface area contributed by atoms with Crippen LogP contribution < -0.4 is 11.1 Å². The van der Waals surface area contributed by atoms with Gasteiger partial charge in [-0.15, -0.1) is 0 Å². The molecule has 1 aromatic heterocycles. The maximum absolute atomic E-state index is 5.65. The lowest BCUT2D eigenvalue weighted by molar-refractivity contribution is 0.311. The van der Waals surface area contributed by atoms with Crippen LogP contribution in [-0.2, 0) is 0 Å². The number of hydrogen-bond donors (Lipinski definition) is 2. The minimum atomic E-state index is 0.270. The maximum atomic E-state index is 5.65. The molecule has 0 saturated heterocycles. The molecule has 1 heterocycles. The number of nitrogens with one attached hydrogen (secondary N) is 1.